The van der Waals surface area contributed by atoms with E-state index in [1.807, 2.05) is 19.1 Å². The zero-order valence-corrected chi connectivity index (χ0v) is 12.1. The molecule has 1 atom stereocenters. The molecule has 0 spiro atoms. The number of esters is 1. The summed E-state index contributed by atoms with van der Waals surface area (Å²) in [5.74, 6) is 2.15. The molecule has 0 aromatic heterocycles. The van der Waals surface area contributed by atoms with Crippen molar-refractivity contribution in [2.24, 2.45) is 5.92 Å². The van der Waals surface area contributed by atoms with E-state index in [-0.39, 0.29) is 11.9 Å². The molecule has 0 aliphatic rings. The fourth-order valence-corrected chi connectivity index (χ4v) is 2.26. The molecule has 0 aliphatic heterocycles. The Kier molecular flexibility index (Phi) is 6.98. The molecule has 1 aromatic carbocycles. The summed E-state index contributed by atoms with van der Waals surface area (Å²) in [5, 5.41) is 0.698. The van der Waals surface area contributed by atoms with E-state index in [1.165, 1.54) is 7.11 Å². The highest BCUT2D eigenvalue weighted by molar-refractivity contribution is 7.99. The monoisotopic (exact) mass is 288 g/mol. The normalized spacial score (nSPS) is 11.9. The molecule has 0 amide bonds. The van der Waals surface area contributed by atoms with Crippen LogP contribution in [0.1, 0.15) is 6.92 Å². The lowest BCUT2D eigenvalue weighted by Gasteiger charge is -2.09. The molecule has 0 N–H and O–H groups in total. The number of thioether (sulfide) groups is 1. The molecule has 1 unspecified atom stereocenters. The molecule has 100 valence electrons. The molecule has 0 aliphatic carbocycles. The van der Waals surface area contributed by atoms with Crippen LogP contribution in [0.15, 0.2) is 24.3 Å². The van der Waals surface area contributed by atoms with Crippen LogP contribution in [0.4, 0.5) is 0 Å². The topological polar surface area (TPSA) is 35.5 Å². The second kappa shape index (κ2) is 8.27. The summed E-state index contributed by atoms with van der Waals surface area (Å²) in [4.78, 5) is 11.1. The summed E-state index contributed by atoms with van der Waals surface area (Å²) in [6.45, 7) is 2.47. The minimum atomic E-state index is -0.166. The van der Waals surface area contributed by atoms with Crippen LogP contribution in [0.25, 0.3) is 0 Å². The Morgan fingerprint density at radius 2 is 2.06 bits per heavy atom. The van der Waals surface area contributed by atoms with Gasteiger partial charge in [0.1, 0.15) is 5.75 Å². The second-order valence-electron chi connectivity index (χ2n) is 3.80. The Bertz CT molecular complexity index is 367. The SMILES string of the molecule is COC(=O)C(C)CSCCOc1ccc(Cl)cc1. The number of carbonyl (C=O) groups is 1. The maximum atomic E-state index is 11.1. The van der Waals surface area contributed by atoms with E-state index >= 15 is 0 Å². The first-order valence-corrected chi connectivity index (χ1v) is 7.20. The minimum Gasteiger partial charge on any atom is -0.493 e. The summed E-state index contributed by atoms with van der Waals surface area (Å²) < 4.78 is 10.2. The number of methoxy groups -OCH3 is 1. The Hall–Kier alpha value is -0.870. The number of ether oxygens (including phenoxy) is 2. The molecule has 0 radical (unpaired) electrons. The van der Waals surface area contributed by atoms with Crippen LogP contribution in [0.5, 0.6) is 5.75 Å². The fourth-order valence-electron chi connectivity index (χ4n) is 1.28. The molecular formula is C13H17ClO3S. The lowest BCUT2D eigenvalue weighted by atomic mass is 10.2. The highest BCUT2D eigenvalue weighted by atomic mass is 35.5. The zero-order valence-electron chi connectivity index (χ0n) is 10.5. The Labute approximate surface area is 117 Å². The third-order valence-electron chi connectivity index (χ3n) is 2.28. The predicted octanol–water partition coefficient (Wildman–Crippen LogP) is 3.26. The Morgan fingerprint density at radius 1 is 1.39 bits per heavy atom. The Morgan fingerprint density at radius 3 is 2.67 bits per heavy atom. The number of rotatable bonds is 7. The van der Waals surface area contributed by atoms with Gasteiger partial charge in [-0.1, -0.05) is 18.5 Å². The fraction of sp³-hybridized carbons (Fsp3) is 0.462. The second-order valence-corrected chi connectivity index (χ2v) is 5.39. The van der Waals surface area contributed by atoms with Gasteiger partial charge < -0.3 is 9.47 Å². The maximum Gasteiger partial charge on any atom is 0.309 e. The van der Waals surface area contributed by atoms with Gasteiger partial charge in [-0.25, -0.2) is 0 Å². The van der Waals surface area contributed by atoms with E-state index in [2.05, 4.69) is 4.74 Å². The van der Waals surface area contributed by atoms with Gasteiger partial charge in [0, 0.05) is 16.5 Å². The van der Waals surface area contributed by atoms with Crippen molar-refractivity contribution in [3.63, 3.8) is 0 Å². The first kappa shape index (κ1) is 15.2. The third-order valence-corrected chi connectivity index (χ3v) is 3.72. The molecule has 5 heteroatoms. The van der Waals surface area contributed by atoms with Gasteiger partial charge in [0.2, 0.25) is 0 Å². The van der Waals surface area contributed by atoms with E-state index in [0.717, 1.165) is 17.3 Å². The molecule has 0 saturated carbocycles. The number of carbonyl (C=O) groups excluding carboxylic acids is 1. The average molecular weight is 289 g/mol. The lowest BCUT2D eigenvalue weighted by molar-refractivity contribution is -0.143. The van der Waals surface area contributed by atoms with Gasteiger partial charge >= 0.3 is 5.97 Å². The molecular weight excluding hydrogens is 272 g/mol. The molecule has 0 saturated heterocycles. The number of halogens is 1. The van der Waals surface area contributed by atoms with E-state index in [1.54, 1.807) is 23.9 Å². The first-order valence-electron chi connectivity index (χ1n) is 5.67. The molecule has 0 fully saturated rings. The van der Waals surface area contributed by atoms with Gasteiger partial charge in [0.15, 0.2) is 0 Å². The summed E-state index contributed by atoms with van der Waals surface area (Å²) in [6.07, 6.45) is 0. The van der Waals surface area contributed by atoms with Crippen LogP contribution in [-0.4, -0.2) is 31.2 Å². The van der Waals surface area contributed by atoms with Gasteiger partial charge in [-0.3, -0.25) is 4.79 Å². The summed E-state index contributed by atoms with van der Waals surface area (Å²) in [5.41, 5.74) is 0. The number of hydrogen-bond donors (Lipinski definition) is 0. The predicted molar refractivity (Wildman–Crippen MR) is 75.5 cm³/mol. The van der Waals surface area contributed by atoms with Crippen molar-refractivity contribution in [2.45, 2.75) is 6.92 Å². The maximum absolute atomic E-state index is 11.1. The highest BCUT2D eigenvalue weighted by Gasteiger charge is 2.12. The smallest absolute Gasteiger partial charge is 0.309 e. The molecule has 0 bridgehead atoms. The van der Waals surface area contributed by atoms with Crippen LogP contribution >= 0.6 is 23.4 Å². The van der Waals surface area contributed by atoms with E-state index in [4.69, 9.17) is 16.3 Å². The van der Waals surface area contributed by atoms with E-state index in [0.29, 0.717) is 11.6 Å². The van der Waals surface area contributed by atoms with Gasteiger partial charge in [0.05, 0.1) is 19.6 Å². The van der Waals surface area contributed by atoms with Gasteiger partial charge in [-0.05, 0) is 24.3 Å². The van der Waals surface area contributed by atoms with Crippen molar-refractivity contribution in [1.82, 2.24) is 0 Å². The quantitative estimate of drug-likeness (QED) is 0.570. The van der Waals surface area contributed by atoms with Crippen LogP contribution in [0.3, 0.4) is 0 Å². The van der Waals surface area contributed by atoms with Gasteiger partial charge in [0.25, 0.3) is 0 Å². The highest BCUT2D eigenvalue weighted by Crippen LogP contribution is 2.16. The largest absolute Gasteiger partial charge is 0.493 e. The number of benzene rings is 1. The van der Waals surface area contributed by atoms with Crippen LogP contribution in [-0.2, 0) is 9.53 Å². The standard InChI is InChI=1S/C13H17ClO3S/c1-10(13(15)16-2)9-18-8-7-17-12-5-3-11(14)4-6-12/h3-6,10H,7-9H2,1-2H3. The summed E-state index contributed by atoms with van der Waals surface area (Å²) >= 11 is 7.45. The summed E-state index contributed by atoms with van der Waals surface area (Å²) in [7, 11) is 1.41. The first-order chi connectivity index (χ1) is 8.63. The zero-order chi connectivity index (χ0) is 13.4. The van der Waals surface area contributed by atoms with Crippen LogP contribution in [0, 0.1) is 5.92 Å². The van der Waals surface area contributed by atoms with E-state index < -0.39 is 0 Å². The third kappa shape index (κ3) is 5.65. The lowest BCUT2D eigenvalue weighted by Crippen LogP contribution is -2.15. The van der Waals surface area contributed by atoms with Crippen LogP contribution < -0.4 is 4.74 Å². The van der Waals surface area contributed by atoms with Crippen molar-refractivity contribution in [1.29, 1.82) is 0 Å². The number of hydrogen-bond acceptors (Lipinski definition) is 4. The van der Waals surface area contributed by atoms with Crippen molar-refractivity contribution in [3.05, 3.63) is 29.3 Å². The van der Waals surface area contributed by atoms with Gasteiger partial charge in [-0.15, -0.1) is 0 Å². The van der Waals surface area contributed by atoms with Gasteiger partial charge in [-0.2, -0.15) is 11.8 Å². The van der Waals surface area contributed by atoms with Crippen LogP contribution in [0.2, 0.25) is 5.02 Å². The molecule has 1 aromatic rings. The van der Waals surface area contributed by atoms with Crippen molar-refractivity contribution < 1.29 is 14.3 Å². The van der Waals surface area contributed by atoms with E-state index in [9.17, 15) is 4.79 Å². The summed E-state index contributed by atoms with van der Waals surface area (Å²) in [6, 6.07) is 7.26. The van der Waals surface area contributed by atoms with Crippen molar-refractivity contribution in [2.75, 3.05) is 25.2 Å². The average Bonchev–Trinajstić information content (AvgIpc) is 2.39. The van der Waals surface area contributed by atoms with Crippen molar-refractivity contribution >= 4 is 29.3 Å². The Balaban J connectivity index is 2.12. The minimum absolute atomic E-state index is 0.0736. The van der Waals surface area contributed by atoms with Crippen molar-refractivity contribution in [3.8, 4) is 5.75 Å². The molecule has 18 heavy (non-hydrogen) atoms. The molecule has 1 rings (SSSR count). The molecule has 3 nitrogen and oxygen atoms in total. The molecule has 0 heterocycles.